The maximum atomic E-state index is 11.0. The first-order valence-corrected chi connectivity index (χ1v) is 4.91. The van der Waals surface area contributed by atoms with E-state index in [0.29, 0.717) is 12.8 Å². The fourth-order valence-electron chi connectivity index (χ4n) is 1.77. The maximum Gasteiger partial charge on any atom is 0.305 e. The molecule has 0 amide bonds. The smallest absolute Gasteiger partial charge is 0.305 e. The highest BCUT2D eigenvalue weighted by atomic mass is 16.5. The third-order valence-electron chi connectivity index (χ3n) is 2.83. The Morgan fingerprint density at radius 2 is 2.21 bits per heavy atom. The van der Waals surface area contributed by atoms with Crippen molar-refractivity contribution in [3.63, 3.8) is 0 Å². The van der Waals surface area contributed by atoms with Crippen molar-refractivity contribution in [2.24, 2.45) is 5.41 Å². The van der Waals surface area contributed by atoms with E-state index in [0.717, 1.165) is 25.9 Å². The Labute approximate surface area is 84.2 Å². The lowest BCUT2D eigenvalue weighted by molar-refractivity contribution is -0.141. The third kappa shape index (κ3) is 2.71. The summed E-state index contributed by atoms with van der Waals surface area (Å²) < 4.78 is 4.57. The summed E-state index contributed by atoms with van der Waals surface area (Å²) in [6.07, 6.45) is 2.64. The lowest BCUT2D eigenvalue weighted by Gasteiger charge is -2.30. The van der Waals surface area contributed by atoms with E-state index >= 15 is 0 Å². The van der Waals surface area contributed by atoms with Gasteiger partial charge in [0.2, 0.25) is 0 Å². The van der Waals surface area contributed by atoms with Gasteiger partial charge in [-0.05, 0) is 32.4 Å². The minimum absolute atomic E-state index is 0.224. The molecule has 0 radical (unpaired) electrons. The Bertz CT molecular complexity index is 239. The Morgan fingerprint density at radius 3 is 2.71 bits per heavy atom. The summed E-state index contributed by atoms with van der Waals surface area (Å²) >= 11 is 0. The molecule has 78 valence electrons. The van der Waals surface area contributed by atoms with Crippen LogP contribution in [0.3, 0.4) is 0 Å². The minimum Gasteiger partial charge on any atom is -0.469 e. The van der Waals surface area contributed by atoms with Crippen LogP contribution in [0.15, 0.2) is 0 Å². The molecule has 1 saturated heterocycles. The quantitative estimate of drug-likeness (QED) is 0.679. The fraction of sp³-hybridized carbons (Fsp3) is 0.800. The first kappa shape index (κ1) is 11.0. The number of methoxy groups -OCH3 is 1. The standard InChI is InChI=1S/C10H16N2O2/c1-14-9(13)2-3-10(8-11)4-6-12-7-5-10/h12H,2-7H2,1H3. The number of hydrogen-bond acceptors (Lipinski definition) is 4. The van der Waals surface area contributed by atoms with Crippen LogP contribution in [0.2, 0.25) is 0 Å². The molecule has 4 nitrogen and oxygen atoms in total. The highest BCUT2D eigenvalue weighted by Crippen LogP contribution is 2.32. The van der Waals surface area contributed by atoms with Crippen LogP contribution in [-0.4, -0.2) is 26.2 Å². The van der Waals surface area contributed by atoms with Gasteiger partial charge in [-0.1, -0.05) is 0 Å². The van der Waals surface area contributed by atoms with E-state index in [2.05, 4.69) is 16.1 Å². The van der Waals surface area contributed by atoms with Crippen molar-refractivity contribution in [3.8, 4) is 6.07 Å². The average molecular weight is 196 g/mol. The Morgan fingerprint density at radius 1 is 1.57 bits per heavy atom. The number of carbonyl (C=O) groups excluding carboxylic acids is 1. The predicted molar refractivity (Wildman–Crippen MR) is 51.4 cm³/mol. The summed E-state index contributed by atoms with van der Waals surface area (Å²) in [5.74, 6) is -0.224. The number of piperidine rings is 1. The maximum absolute atomic E-state index is 11.0. The molecule has 0 aliphatic carbocycles. The second-order valence-corrected chi connectivity index (χ2v) is 3.72. The lowest BCUT2D eigenvalue weighted by atomic mass is 9.77. The molecular formula is C10H16N2O2. The summed E-state index contributed by atoms with van der Waals surface area (Å²) in [6, 6.07) is 2.35. The van der Waals surface area contributed by atoms with Crippen LogP contribution in [0.25, 0.3) is 0 Å². The number of nitrogens with one attached hydrogen (secondary N) is 1. The summed E-state index contributed by atoms with van der Waals surface area (Å²) in [7, 11) is 1.38. The molecule has 0 aromatic heterocycles. The van der Waals surface area contributed by atoms with E-state index < -0.39 is 0 Å². The number of rotatable bonds is 3. The van der Waals surface area contributed by atoms with E-state index in [-0.39, 0.29) is 11.4 Å². The van der Waals surface area contributed by atoms with Gasteiger partial charge in [-0.15, -0.1) is 0 Å². The van der Waals surface area contributed by atoms with Gasteiger partial charge in [-0.25, -0.2) is 0 Å². The van der Waals surface area contributed by atoms with Crippen LogP contribution in [0, 0.1) is 16.7 Å². The Kier molecular flexibility index (Phi) is 3.90. The molecule has 1 aliphatic rings. The molecule has 0 atom stereocenters. The van der Waals surface area contributed by atoms with E-state index in [1.165, 1.54) is 7.11 Å². The van der Waals surface area contributed by atoms with Gasteiger partial charge in [-0.2, -0.15) is 5.26 Å². The number of carbonyl (C=O) groups is 1. The molecule has 4 heteroatoms. The number of nitrogens with zero attached hydrogens (tertiary/aromatic N) is 1. The van der Waals surface area contributed by atoms with E-state index in [4.69, 9.17) is 5.26 Å². The molecule has 1 aliphatic heterocycles. The van der Waals surface area contributed by atoms with Gasteiger partial charge < -0.3 is 10.1 Å². The SMILES string of the molecule is COC(=O)CCC1(C#N)CCNCC1. The van der Waals surface area contributed by atoms with Gasteiger partial charge in [0.1, 0.15) is 0 Å². The van der Waals surface area contributed by atoms with Crippen LogP contribution in [0.5, 0.6) is 0 Å². The number of ether oxygens (including phenoxy) is 1. The molecule has 14 heavy (non-hydrogen) atoms. The molecule has 0 aromatic rings. The number of nitriles is 1. The topological polar surface area (TPSA) is 62.1 Å². The Balaban J connectivity index is 2.45. The summed E-state index contributed by atoms with van der Waals surface area (Å²) in [5.41, 5.74) is -0.306. The molecule has 0 unspecified atom stereocenters. The van der Waals surface area contributed by atoms with Gasteiger partial charge in [0.15, 0.2) is 0 Å². The largest absolute Gasteiger partial charge is 0.469 e. The Hall–Kier alpha value is -1.08. The molecule has 1 fully saturated rings. The monoisotopic (exact) mass is 196 g/mol. The van der Waals surface area contributed by atoms with Gasteiger partial charge in [0.05, 0.1) is 18.6 Å². The van der Waals surface area contributed by atoms with Crippen LogP contribution in [0.1, 0.15) is 25.7 Å². The predicted octanol–water partition coefficient (Wildman–Crippen LogP) is 0.833. The zero-order valence-corrected chi connectivity index (χ0v) is 8.51. The van der Waals surface area contributed by atoms with E-state index in [1.807, 2.05) is 0 Å². The van der Waals surface area contributed by atoms with Crippen molar-refractivity contribution in [1.29, 1.82) is 5.26 Å². The molecule has 0 bridgehead atoms. The van der Waals surface area contributed by atoms with Crippen molar-refractivity contribution in [2.45, 2.75) is 25.7 Å². The zero-order chi connectivity index (χ0) is 10.4. The normalized spacial score (nSPS) is 19.7. The van der Waals surface area contributed by atoms with E-state index in [9.17, 15) is 4.79 Å². The van der Waals surface area contributed by atoms with Crippen molar-refractivity contribution in [2.75, 3.05) is 20.2 Å². The van der Waals surface area contributed by atoms with Gasteiger partial charge >= 0.3 is 5.97 Å². The molecule has 0 saturated carbocycles. The molecular weight excluding hydrogens is 180 g/mol. The first-order chi connectivity index (χ1) is 6.72. The highest BCUT2D eigenvalue weighted by Gasteiger charge is 2.32. The molecule has 0 spiro atoms. The number of esters is 1. The van der Waals surface area contributed by atoms with E-state index in [1.54, 1.807) is 0 Å². The van der Waals surface area contributed by atoms with Crippen molar-refractivity contribution in [3.05, 3.63) is 0 Å². The highest BCUT2D eigenvalue weighted by molar-refractivity contribution is 5.69. The minimum atomic E-state index is -0.306. The fourth-order valence-corrected chi connectivity index (χ4v) is 1.77. The van der Waals surface area contributed by atoms with Crippen LogP contribution >= 0.6 is 0 Å². The first-order valence-electron chi connectivity index (χ1n) is 4.91. The van der Waals surface area contributed by atoms with Gasteiger partial charge in [-0.3, -0.25) is 4.79 Å². The second-order valence-electron chi connectivity index (χ2n) is 3.72. The van der Waals surface area contributed by atoms with Crippen molar-refractivity contribution in [1.82, 2.24) is 5.32 Å². The van der Waals surface area contributed by atoms with Crippen LogP contribution in [0.4, 0.5) is 0 Å². The number of hydrogen-bond donors (Lipinski definition) is 1. The third-order valence-corrected chi connectivity index (χ3v) is 2.83. The molecule has 1 rings (SSSR count). The van der Waals surface area contributed by atoms with Crippen LogP contribution < -0.4 is 5.32 Å². The summed E-state index contributed by atoms with van der Waals surface area (Å²) in [5, 5.41) is 12.3. The van der Waals surface area contributed by atoms with Crippen LogP contribution in [-0.2, 0) is 9.53 Å². The van der Waals surface area contributed by atoms with Crippen molar-refractivity contribution < 1.29 is 9.53 Å². The molecule has 0 aromatic carbocycles. The lowest BCUT2D eigenvalue weighted by Crippen LogP contribution is -2.36. The summed E-state index contributed by atoms with van der Waals surface area (Å²) in [6.45, 7) is 1.74. The zero-order valence-electron chi connectivity index (χ0n) is 8.51. The van der Waals surface area contributed by atoms with Gasteiger partial charge in [0.25, 0.3) is 0 Å². The average Bonchev–Trinajstić information content (AvgIpc) is 2.27. The van der Waals surface area contributed by atoms with Gasteiger partial charge in [0, 0.05) is 6.42 Å². The molecule has 1 N–H and O–H groups in total. The summed E-state index contributed by atoms with van der Waals surface area (Å²) in [4.78, 5) is 11.0. The second kappa shape index (κ2) is 4.97. The van der Waals surface area contributed by atoms with Crippen molar-refractivity contribution >= 4 is 5.97 Å². The molecule has 1 heterocycles.